The van der Waals surface area contributed by atoms with Crippen LogP contribution in [-0.2, 0) is 4.79 Å². The number of carboxylic acid groups (broad SMARTS) is 1. The second kappa shape index (κ2) is 3.55. The van der Waals surface area contributed by atoms with Crippen LogP contribution in [-0.4, -0.2) is 17.3 Å². The molecule has 0 aliphatic carbocycles. The standard InChI is InChI=1S/C8H13F3O2/c1-5(6(12)13)7(2,3)4-8(9,10)11/h5H,4H2,1-3H3,(H,12,13). The van der Waals surface area contributed by atoms with Gasteiger partial charge in [0.25, 0.3) is 0 Å². The molecule has 0 amide bonds. The Morgan fingerprint density at radius 3 is 2.00 bits per heavy atom. The summed E-state index contributed by atoms with van der Waals surface area (Å²) in [6, 6.07) is 0. The van der Waals surface area contributed by atoms with Crippen molar-refractivity contribution in [2.45, 2.75) is 33.4 Å². The maximum Gasteiger partial charge on any atom is 0.389 e. The van der Waals surface area contributed by atoms with Crippen LogP contribution < -0.4 is 0 Å². The monoisotopic (exact) mass is 198 g/mol. The van der Waals surface area contributed by atoms with Crippen LogP contribution in [0.2, 0.25) is 0 Å². The van der Waals surface area contributed by atoms with Gasteiger partial charge in [0.15, 0.2) is 0 Å². The number of carboxylic acids is 1. The van der Waals surface area contributed by atoms with E-state index in [1.807, 2.05) is 0 Å². The van der Waals surface area contributed by atoms with E-state index in [0.29, 0.717) is 0 Å². The molecule has 0 saturated carbocycles. The summed E-state index contributed by atoms with van der Waals surface area (Å²) >= 11 is 0. The van der Waals surface area contributed by atoms with Crippen LogP contribution in [0.1, 0.15) is 27.2 Å². The summed E-state index contributed by atoms with van der Waals surface area (Å²) in [5.41, 5.74) is -1.26. The minimum Gasteiger partial charge on any atom is -0.481 e. The van der Waals surface area contributed by atoms with E-state index in [-0.39, 0.29) is 0 Å². The van der Waals surface area contributed by atoms with Gasteiger partial charge in [0, 0.05) is 6.42 Å². The van der Waals surface area contributed by atoms with Crippen LogP contribution in [0.25, 0.3) is 0 Å². The van der Waals surface area contributed by atoms with Crippen LogP contribution in [0, 0.1) is 11.3 Å². The molecular formula is C8H13F3O2. The normalized spacial score (nSPS) is 15.5. The third-order valence-electron chi connectivity index (χ3n) is 2.20. The summed E-state index contributed by atoms with van der Waals surface area (Å²) in [6.45, 7) is 3.90. The summed E-state index contributed by atoms with van der Waals surface area (Å²) in [5.74, 6) is -2.21. The Morgan fingerprint density at radius 2 is 1.77 bits per heavy atom. The van der Waals surface area contributed by atoms with E-state index in [0.717, 1.165) is 0 Å². The van der Waals surface area contributed by atoms with Gasteiger partial charge in [-0.25, -0.2) is 0 Å². The molecule has 1 unspecified atom stereocenters. The molecule has 0 radical (unpaired) electrons. The number of hydrogen-bond acceptors (Lipinski definition) is 1. The zero-order valence-corrected chi connectivity index (χ0v) is 7.77. The molecular weight excluding hydrogens is 185 g/mol. The highest BCUT2D eigenvalue weighted by atomic mass is 19.4. The first-order chi connectivity index (χ1) is 5.56. The third kappa shape index (κ3) is 4.15. The summed E-state index contributed by atoms with van der Waals surface area (Å²) in [5, 5.41) is 8.55. The SMILES string of the molecule is CC(C(=O)O)C(C)(C)CC(F)(F)F. The molecule has 1 atom stereocenters. The third-order valence-corrected chi connectivity index (χ3v) is 2.20. The van der Waals surface area contributed by atoms with E-state index in [1.54, 1.807) is 0 Å². The van der Waals surface area contributed by atoms with Crippen molar-refractivity contribution in [3.05, 3.63) is 0 Å². The summed E-state index contributed by atoms with van der Waals surface area (Å²) < 4.78 is 35.9. The molecule has 0 aromatic heterocycles. The minimum atomic E-state index is -4.31. The predicted molar refractivity (Wildman–Crippen MR) is 41.3 cm³/mol. The lowest BCUT2D eigenvalue weighted by Crippen LogP contribution is -2.33. The second-order valence-corrected chi connectivity index (χ2v) is 3.84. The van der Waals surface area contributed by atoms with Gasteiger partial charge in [0.1, 0.15) is 0 Å². The number of alkyl halides is 3. The second-order valence-electron chi connectivity index (χ2n) is 3.84. The van der Waals surface area contributed by atoms with Crippen molar-refractivity contribution in [1.29, 1.82) is 0 Å². The molecule has 0 spiro atoms. The van der Waals surface area contributed by atoms with Gasteiger partial charge >= 0.3 is 12.1 Å². The molecule has 5 heteroatoms. The van der Waals surface area contributed by atoms with Gasteiger partial charge in [-0.1, -0.05) is 20.8 Å². The fourth-order valence-electron chi connectivity index (χ4n) is 1.00. The fourth-order valence-corrected chi connectivity index (χ4v) is 1.00. The van der Waals surface area contributed by atoms with E-state index < -0.39 is 29.9 Å². The van der Waals surface area contributed by atoms with Crippen molar-refractivity contribution < 1.29 is 23.1 Å². The van der Waals surface area contributed by atoms with E-state index in [4.69, 9.17) is 5.11 Å². The molecule has 78 valence electrons. The summed E-state index contributed by atoms with van der Waals surface area (Å²) in [6.07, 6.45) is -5.39. The van der Waals surface area contributed by atoms with Gasteiger partial charge in [0.2, 0.25) is 0 Å². The van der Waals surface area contributed by atoms with Crippen LogP contribution in [0.5, 0.6) is 0 Å². The molecule has 13 heavy (non-hydrogen) atoms. The van der Waals surface area contributed by atoms with Crippen molar-refractivity contribution in [3.8, 4) is 0 Å². The van der Waals surface area contributed by atoms with Crippen molar-refractivity contribution in [3.63, 3.8) is 0 Å². The summed E-state index contributed by atoms with van der Waals surface area (Å²) in [4.78, 5) is 10.5. The highest BCUT2D eigenvalue weighted by Gasteiger charge is 2.41. The Bertz CT molecular complexity index is 196. The van der Waals surface area contributed by atoms with Gasteiger partial charge in [-0.05, 0) is 5.41 Å². The largest absolute Gasteiger partial charge is 0.481 e. The molecule has 0 fully saturated rings. The summed E-state index contributed by atoms with van der Waals surface area (Å²) in [7, 11) is 0. The van der Waals surface area contributed by atoms with Crippen molar-refractivity contribution >= 4 is 5.97 Å². The molecule has 0 saturated heterocycles. The highest BCUT2D eigenvalue weighted by Crippen LogP contribution is 2.38. The Kier molecular flexibility index (Phi) is 3.35. The Labute approximate surface area is 74.7 Å². The maximum absolute atomic E-state index is 12.0. The molecule has 1 N–H and O–H groups in total. The first-order valence-corrected chi connectivity index (χ1v) is 3.86. The molecule has 0 rings (SSSR count). The van der Waals surface area contributed by atoms with Crippen molar-refractivity contribution in [2.75, 3.05) is 0 Å². The lowest BCUT2D eigenvalue weighted by Gasteiger charge is -2.29. The molecule has 0 aliphatic heterocycles. The van der Waals surface area contributed by atoms with E-state index in [2.05, 4.69) is 0 Å². The predicted octanol–water partition coefficient (Wildman–Crippen LogP) is 2.69. The molecule has 0 aliphatic rings. The molecule has 0 aromatic carbocycles. The minimum absolute atomic E-state index is 1.01. The number of carbonyl (C=O) groups is 1. The van der Waals surface area contributed by atoms with E-state index >= 15 is 0 Å². The quantitative estimate of drug-likeness (QED) is 0.756. The average Bonchev–Trinajstić information content (AvgIpc) is 1.80. The average molecular weight is 198 g/mol. The fraction of sp³-hybridized carbons (Fsp3) is 0.875. The van der Waals surface area contributed by atoms with Crippen LogP contribution in [0.15, 0.2) is 0 Å². The molecule has 0 aromatic rings. The Hall–Kier alpha value is -0.740. The van der Waals surface area contributed by atoms with Crippen LogP contribution in [0.4, 0.5) is 13.2 Å². The highest BCUT2D eigenvalue weighted by molar-refractivity contribution is 5.70. The number of halogens is 3. The van der Waals surface area contributed by atoms with E-state index in [9.17, 15) is 18.0 Å². The Morgan fingerprint density at radius 1 is 1.38 bits per heavy atom. The smallest absolute Gasteiger partial charge is 0.389 e. The van der Waals surface area contributed by atoms with Gasteiger partial charge in [-0.15, -0.1) is 0 Å². The zero-order chi connectivity index (χ0) is 10.9. The number of aliphatic carboxylic acids is 1. The topological polar surface area (TPSA) is 37.3 Å². The number of rotatable bonds is 3. The molecule has 2 nitrogen and oxygen atoms in total. The van der Waals surface area contributed by atoms with Crippen molar-refractivity contribution in [2.24, 2.45) is 11.3 Å². The Balaban J connectivity index is 4.48. The van der Waals surface area contributed by atoms with Gasteiger partial charge in [0.05, 0.1) is 5.92 Å². The lowest BCUT2D eigenvalue weighted by molar-refractivity contribution is -0.168. The lowest BCUT2D eigenvalue weighted by atomic mass is 9.77. The van der Waals surface area contributed by atoms with Gasteiger partial charge in [-0.3, -0.25) is 4.79 Å². The van der Waals surface area contributed by atoms with E-state index in [1.165, 1.54) is 20.8 Å². The van der Waals surface area contributed by atoms with Gasteiger partial charge < -0.3 is 5.11 Å². The number of hydrogen-bond donors (Lipinski definition) is 1. The first kappa shape index (κ1) is 12.3. The molecule has 0 bridgehead atoms. The zero-order valence-electron chi connectivity index (χ0n) is 7.77. The molecule has 0 heterocycles. The van der Waals surface area contributed by atoms with Crippen LogP contribution >= 0.6 is 0 Å². The maximum atomic E-state index is 12.0. The first-order valence-electron chi connectivity index (χ1n) is 3.86. The van der Waals surface area contributed by atoms with Crippen LogP contribution in [0.3, 0.4) is 0 Å². The van der Waals surface area contributed by atoms with Crippen molar-refractivity contribution in [1.82, 2.24) is 0 Å². The van der Waals surface area contributed by atoms with Gasteiger partial charge in [-0.2, -0.15) is 13.2 Å².